The Bertz CT molecular complexity index is 722. The molecule has 0 saturated carbocycles. The average Bonchev–Trinajstić information content (AvgIpc) is 2.57. The summed E-state index contributed by atoms with van der Waals surface area (Å²) in [6.45, 7) is 0.283. The zero-order valence-electron chi connectivity index (χ0n) is 10.6. The molecular weight excluding hydrogens is 274 g/mol. The van der Waals surface area contributed by atoms with Crippen LogP contribution < -0.4 is 10.5 Å². The predicted molar refractivity (Wildman–Crippen MR) is 79.3 cm³/mol. The van der Waals surface area contributed by atoms with Crippen molar-refractivity contribution in [3.63, 3.8) is 0 Å². The molecule has 1 aliphatic rings. The van der Waals surface area contributed by atoms with E-state index in [2.05, 4.69) is 0 Å². The summed E-state index contributed by atoms with van der Waals surface area (Å²) in [7, 11) is 0. The van der Waals surface area contributed by atoms with Crippen molar-refractivity contribution in [1.82, 2.24) is 0 Å². The summed E-state index contributed by atoms with van der Waals surface area (Å²) in [4.78, 5) is 12.7. The minimum atomic E-state index is -0.127. The largest absolute Gasteiger partial charge is 0.456 e. The third kappa shape index (κ3) is 2.11. The molecular formula is C16H12ClNO2. The number of nitrogens with two attached hydrogens (primary N) is 1. The molecule has 0 bridgehead atoms. The fourth-order valence-corrected chi connectivity index (χ4v) is 2.43. The maximum atomic E-state index is 12.7. The smallest absolute Gasteiger partial charge is 0.197 e. The zero-order chi connectivity index (χ0) is 14.1. The van der Waals surface area contributed by atoms with E-state index in [1.165, 1.54) is 0 Å². The van der Waals surface area contributed by atoms with Gasteiger partial charge in [-0.15, -0.1) is 0 Å². The molecule has 0 radical (unpaired) electrons. The van der Waals surface area contributed by atoms with Crippen molar-refractivity contribution in [2.45, 2.75) is 0 Å². The van der Waals surface area contributed by atoms with Gasteiger partial charge in [0.25, 0.3) is 0 Å². The lowest BCUT2D eigenvalue weighted by Gasteiger charge is -2.07. The monoisotopic (exact) mass is 285 g/mol. The molecule has 0 saturated heterocycles. The van der Waals surface area contributed by atoms with Crippen LogP contribution in [-0.4, -0.2) is 12.3 Å². The molecule has 0 fully saturated rings. The van der Waals surface area contributed by atoms with Gasteiger partial charge in [-0.2, -0.15) is 0 Å². The van der Waals surface area contributed by atoms with Gasteiger partial charge in [0, 0.05) is 22.7 Å². The van der Waals surface area contributed by atoms with Crippen molar-refractivity contribution < 1.29 is 9.53 Å². The topological polar surface area (TPSA) is 52.3 Å². The lowest BCUT2D eigenvalue weighted by molar-refractivity contribution is 0.105. The highest BCUT2D eigenvalue weighted by Crippen LogP contribution is 2.39. The van der Waals surface area contributed by atoms with Crippen LogP contribution in [0.5, 0.6) is 11.5 Å². The van der Waals surface area contributed by atoms with Crippen LogP contribution in [0.15, 0.2) is 48.5 Å². The second kappa shape index (κ2) is 5.12. The van der Waals surface area contributed by atoms with E-state index in [1.54, 1.807) is 24.3 Å². The number of hydrogen-bond acceptors (Lipinski definition) is 3. The van der Waals surface area contributed by atoms with Gasteiger partial charge in [0.1, 0.15) is 11.5 Å². The van der Waals surface area contributed by atoms with Crippen molar-refractivity contribution in [3.8, 4) is 11.5 Å². The summed E-state index contributed by atoms with van der Waals surface area (Å²) in [5.41, 5.74) is 7.33. The molecule has 3 rings (SSSR count). The first-order valence-corrected chi connectivity index (χ1v) is 6.60. The summed E-state index contributed by atoms with van der Waals surface area (Å²) in [5.74, 6) is 1.02. The van der Waals surface area contributed by atoms with E-state index in [0.717, 1.165) is 5.56 Å². The fourth-order valence-electron chi connectivity index (χ4n) is 2.25. The first-order chi connectivity index (χ1) is 9.70. The maximum absolute atomic E-state index is 12.7. The predicted octanol–water partition coefficient (Wildman–Crippen LogP) is 3.67. The summed E-state index contributed by atoms with van der Waals surface area (Å²) >= 11 is 5.98. The molecule has 4 heteroatoms. The Balaban J connectivity index is 2.28. The van der Waals surface area contributed by atoms with Gasteiger partial charge in [-0.1, -0.05) is 35.9 Å². The number of Topliss-reactive ketones (excluding diaryl/α,β-unsaturated/α-hetero) is 1. The van der Waals surface area contributed by atoms with Crippen molar-refractivity contribution in [2.24, 2.45) is 5.73 Å². The number of rotatable bonds is 1. The third-order valence-electron chi connectivity index (χ3n) is 3.15. The maximum Gasteiger partial charge on any atom is 0.197 e. The number of ketones is 1. The molecule has 1 aliphatic heterocycles. The highest BCUT2D eigenvalue weighted by atomic mass is 35.5. The van der Waals surface area contributed by atoms with Crippen molar-refractivity contribution in [1.29, 1.82) is 0 Å². The first kappa shape index (κ1) is 12.9. The Morgan fingerprint density at radius 2 is 1.85 bits per heavy atom. The third-order valence-corrected chi connectivity index (χ3v) is 3.39. The van der Waals surface area contributed by atoms with Gasteiger partial charge in [-0.3, -0.25) is 4.79 Å². The molecule has 20 heavy (non-hydrogen) atoms. The van der Waals surface area contributed by atoms with Crippen LogP contribution in [0.2, 0.25) is 5.02 Å². The summed E-state index contributed by atoms with van der Waals surface area (Å²) in [5, 5.41) is 0.499. The first-order valence-electron chi connectivity index (χ1n) is 6.22. The Hall–Kier alpha value is -2.10. The number of benzene rings is 2. The normalized spacial score (nSPS) is 15.3. The van der Waals surface area contributed by atoms with E-state index >= 15 is 0 Å². The van der Waals surface area contributed by atoms with Crippen molar-refractivity contribution in [3.05, 3.63) is 64.7 Å². The van der Waals surface area contributed by atoms with Gasteiger partial charge in [-0.05, 0) is 24.3 Å². The van der Waals surface area contributed by atoms with E-state index in [9.17, 15) is 4.79 Å². The number of ether oxygens (including phenoxy) is 1. The van der Waals surface area contributed by atoms with Crippen LogP contribution in [0.3, 0.4) is 0 Å². The van der Waals surface area contributed by atoms with Crippen LogP contribution in [0.1, 0.15) is 15.9 Å². The van der Waals surface area contributed by atoms with E-state index in [1.807, 2.05) is 24.3 Å². The lowest BCUT2D eigenvalue weighted by atomic mass is 9.96. The van der Waals surface area contributed by atoms with E-state index < -0.39 is 0 Å². The number of halogens is 1. The molecule has 0 aromatic heterocycles. The van der Waals surface area contributed by atoms with E-state index in [4.69, 9.17) is 22.1 Å². The number of hydrogen-bond donors (Lipinski definition) is 1. The van der Waals surface area contributed by atoms with E-state index in [0.29, 0.717) is 27.7 Å². The molecule has 0 unspecified atom stereocenters. The Morgan fingerprint density at radius 1 is 1.10 bits per heavy atom. The summed E-state index contributed by atoms with van der Waals surface area (Å²) in [6.07, 6.45) is 1.71. The number of para-hydroxylation sites is 1. The number of carbonyl (C=O) groups excluding carboxylic acids is 1. The highest BCUT2D eigenvalue weighted by Gasteiger charge is 2.25. The minimum absolute atomic E-state index is 0.127. The van der Waals surface area contributed by atoms with Gasteiger partial charge in [-0.25, -0.2) is 0 Å². The van der Waals surface area contributed by atoms with Gasteiger partial charge in [0.15, 0.2) is 5.78 Å². The second-order valence-electron chi connectivity index (χ2n) is 4.42. The molecule has 2 N–H and O–H groups in total. The standard InChI is InChI=1S/C16H12ClNO2/c17-10-5-6-15-13(9-10)16(19)12(7-8-18)11-3-1-2-4-14(11)20-15/h1-7,9H,8,18H2/b12-7-. The Labute approximate surface area is 121 Å². The SMILES string of the molecule is NC/C=C1\C(=O)c2cc(Cl)ccc2Oc2ccccc21. The van der Waals surface area contributed by atoms with Crippen molar-refractivity contribution >= 4 is 23.0 Å². The molecule has 2 aromatic carbocycles. The molecule has 0 atom stereocenters. The van der Waals surface area contributed by atoms with Crippen LogP contribution in [-0.2, 0) is 0 Å². The van der Waals surface area contributed by atoms with Crippen LogP contribution >= 0.6 is 11.6 Å². The Morgan fingerprint density at radius 3 is 2.65 bits per heavy atom. The van der Waals surface area contributed by atoms with Gasteiger partial charge < -0.3 is 10.5 Å². The van der Waals surface area contributed by atoms with Gasteiger partial charge in [0.2, 0.25) is 0 Å². The molecule has 1 heterocycles. The van der Waals surface area contributed by atoms with Gasteiger partial charge >= 0.3 is 0 Å². The van der Waals surface area contributed by atoms with Crippen molar-refractivity contribution in [2.75, 3.05) is 6.54 Å². The molecule has 0 amide bonds. The zero-order valence-corrected chi connectivity index (χ0v) is 11.4. The lowest BCUT2D eigenvalue weighted by Crippen LogP contribution is -2.04. The highest BCUT2D eigenvalue weighted by molar-refractivity contribution is 6.34. The van der Waals surface area contributed by atoms with Crippen LogP contribution in [0.4, 0.5) is 0 Å². The van der Waals surface area contributed by atoms with E-state index in [-0.39, 0.29) is 12.3 Å². The molecule has 3 nitrogen and oxygen atoms in total. The quantitative estimate of drug-likeness (QED) is 0.813. The number of allylic oxidation sites excluding steroid dienone is 1. The molecule has 0 aliphatic carbocycles. The average molecular weight is 286 g/mol. The summed E-state index contributed by atoms with van der Waals surface area (Å²) < 4.78 is 5.84. The molecule has 100 valence electrons. The molecule has 0 spiro atoms. The number of carbonyl (C=O) groups is 1. The molecule has 2 aromatic rings. The minimum Gasteiger partial charge on any atom is -0.456 e. The second-order valence-corrected chi connectivity index (χ2v) is 4.86. The Kier molecular flexibility index (Phi) is 3.30. The summed E-state index contributed by atoms with van der Waals surface area (Å²) in [6, 6.07) is 12.4. The fraction of sp³-hybridized carbons (Fsp3) is 0.0625. The van der Waals surface area contributed by atoms with Gasteiger partial charge in [0.05, 0.1) is 5.56 Å². The number of fused-ring (bicyclic) bond motifs is 2. The van der Waals surface area contributed by atoms with Crippen LogP contribution in [0.25, 0.3) is 5.57 Å². The van der Waals surface area contributed by atoms with Crippen LogP contribution in [0, 0.1) is 0 Å².